The molecule has 1 saturated heterocycles. The number of amides is 1. The van der Waals surface area contributed by atoms with Crippen LogP contribution < -0.4 is 5.32 Å². The average Bonchev–Trinajstić information content (AvgIpc) is 3.01. The molecule has 0 unspecified atom stereocenters. The molecule has 1 atom stereocenters. The van der Waals surface area contributed by atoms with Crippen molar-refractivity contribution >= 4 is 29.3 Å². The van der Waals surface area contributed by atoms with Gasteiger partial charge >= 0.3 is 0 Å². The summed E-state index contributed by atoms with van der Waals surface area (Å²) in [7, 11) is 1.94. The highest BCUT2D eigenvalue weighted by Gasteiger charge is 2.24. The monoisotopic (exact) mass is 388 g/mol. The molecule has 0 aliphatic carbocycles. The van der Waals surface area contributed by atoms with Crippen molar-refractivity contribution < 1.29 is 9.18 Å². The van der Waals surface area contributed by atoms with Crippen LogP contribution in [0.4, 0.5) is 4.39 Å². The summed E-state index contributed by atoms with van der Waals surface area (Å²) in [6.45, 7) is 3.94. The van der Waals surface area contributed by atoms with Crippen LogP contribution in [0.5, 0.6) is 0 Å². The normalized spacial score (nSPS) is 17.0. The van der Waals surface area contributed by atoms with Crippen molar-refractivity contribution in [1.82, 2.24) is 19.8 Å². The fraction of sp³-hybridized carbons (Fsp3) is 0.300. The van der Waals surface area contributed by atoms with E-state index in [1.807, 2.05) is 36.7 Å². The van der Waals surface area contributed by atoms with Gasteiger partial charge in [-0.25, -0.2) is 9.37 Å². The lowest BCUT2D eigenvalue weighted by Crippen LogP contribution is -2.51. The van der Waals surface area contributed by atoms with Gasteiger partial charge < -0.3 is 14.8 Å². The van der Waals surface area contributed by atoms with Gasteiger partial charge in [-0.05, 0) is 42.3 Å². The number of imidazole rings is 1. The number of fused-ring (bicyclic) bond motifs is 1. The lowest BCUT2D eigenvalue weighted by atomic mass is 10.0. The van der Waals surface area contributed by atoms with Gasteiger partial charge in [0.25, 0.3) is 5.91 Å². The van der Waals surface area contributed by atoms with Gasteiger partial charge in [-0.3, -0.25) is 4.79 Å². The average molecular weight is 389 g/mol. The molecular weight excluding hydrogens is 367 g/mol. The standard InChI is InChI=1S/C20H21FN4O.ClH/c1-13-11-25(8-7-22-13)20(26)16-5-3-14(9-17(16)21)15-4-6-19-18(10-15)23-12-24(19)2;/h3-6,9-10,12-13,22H,7-8,11H2,1-2H3;1H/t13-;/m0./s1. The predicted octanol–water partition coefficient (Wildman–Crippen LogP) is 3.24. The summed E-state index contributed by atoms with van der Waals surface area (Å²) >= 11 is 0. The molecule has 1 fully saturated rings. The maximum absolute atomic E-state index is 14.7. The highest BCUT2D eigenvalue weighted by Crippen LogP contribution is 2.26. The van der Waals surface area contributed by atoms with E-state index in [-0.39, 0.29) is 29.9 Å². The minimum Gasteiger partial charge on any atom is -0.336 e. The molecule has 7 heteroatoms. The molecule has 0 saturated carbocycles. The maximum atomic E-state index is 14.7. The molecular formula is C20H22ClFN4O. The van der Waals surface area contributed by atoms with E-state index in [1.54, 1.807) is 23.4 Å². The minimum atomic E-state index is -0.486. The van der Waals surface area contributed by atoms with E-state index in [2.05, 4.69) is 10.3 Å². The van der Waals surface area contributed by atoms with Crippen LogP contribution in [0.2, 0.25) is 0 Å². The van der Waals surface area contributed by atoms with E-state index in [0.717, 1.165) is 28.7 Å². The first kappa shape index (κ1) is 19.3. The predicted molar refractivity (Wildman–Crippen MR) is 107 cm³/mol. The van der Waals surface area contributed by atoms with Crippen LogP contribution in [-0.2, 0) is 7.05 Å². The van der Waals surface area contributed by atoms with Crippen molar-refractivity contribution in [3.8, 4) is 11.1 Å². The van der Waals surface area contributed by atoms with Crippen LogP contribution in [0.3, 0.4) is 0 Å². The number of aromatic nitrogens is 2. The zero-order chi connectivity index (χ0) is 18.3. The van der Waals surface area contributed by atoms with Crippen molar-refractivity contribution in [2.75, 3.05) is 19.6 Å². The molecule has 4 rings (SSSR count). The summed E-state index contributed by atoms with van der Waals surface area (Å²) in [6, 6.07) is 10.9. The van der Waals surface area contributed by atoms with E-state index in [9.17, 15) is 9.18 Å². The number of nitrogens with one attached hydrogen (secondary N) is 1. The first-order valence-corrected chi connectivity index (χ1v) is 8.76. The van der Waals surface area contributed by atoms with Gasteiger partial charge in [0.05, 0.1) is 22.9 Å². The number of benzene rings is 2. The lowest BCUT2D eigenvalue weighted by Gasteiger charge is -2.32. The third-order valence-electron chi connectivity index (χ3n) is 4.91. The van der Waals surface area contributed by atoms with Crippen molar-refractivity contribution in [3.05, 3.63) is 54.1 Å². The molecule has 142 valence electrons. The molecule has 0 spiro atoms. The summed E-state index contributed by atoms with van der Waals surface area (Å²) in [6.07, 6.45) is 1.76. The first-order chi connectivity index (χ1) is 12.5. The Balaban J connectivity index is 0.00000210. The van der Waals surface area contributed by atoms with Crippen LogP contribution in [-0.4, -0.2) is 46.0 Å². The zero-order valence-corrected chi connectivity index (χ0v) is 16.1. The Morgan fingerprint density at radius 3 is 2.70 bits per heavy atom. The van der Waals surface area contributed by atoms with E-state index in [1.165, 1.54) is 6.07 Å². The van der Waals surface area contributed by atoms with Gasteiger partial charge in [0.1, 0.15) is 5.82 Å². The van der Waals surface area contributed by atoms with E-state index in [0.29, 0.717) is 13.1 Å². The van der Waals surface area contributed by atoms with E-state index < -0.39 is 5.82 Å². The number of piperazine rings is 1. The Hall–Kier alpha value is -2.44. The van der Waals surface area contributed by atoms with Gasteiger partial charge in [0.15, 0.2) is 0 Å². The van der Waals surface area contributed by atoms with Gasteiger partial charge in [-0.2, -0.15) is 0 Å². The summed E-state index contributed by atoms with van der Waals surface area (Å²) in [5, 5.41) is 3.28. The van der Waals surface area contributed by atoms with Gasteiger partial charge in [0.2, 0.25) is 0 Å². The quantitative estimate of drug-likeness (QED) is 0.733. The topological polar surface area (TPSA) is 50.2 Å². The SMILES string of the molecule is C[C@H]1CN(C(=O)c2ccc(-c3ccc4c(c3)ncn4C)cc2F)CCN1.Cl. The third-order valence-corrected chi connectivity index (χ3v) is 4.91. The zero-order valence-electron chi connectivity index (χ0n) is 15.3. The molecule has 3 aromatic rings. The van der Waals surface area contributed by atoms with Gasteiger partial charge in [-0.1, -0.05) is 12.1 Å². The van der Waals surface area contributed by atoms with Gasteiger partial charge in [-0.15, -0.1) is 12.4 Å². The fourth-order valence-corrected chi connectivity index (χ4v) is 3.47. The number of hydrogen-bond donors (Lipinski definition) is 1. The van der Waals surface area contributed by atoms with Crippen molar-refractivity contribution in [2.45, 2.75) is 13.0 Å². The number of carbonyl (C=O) groups is 1. The van der Waals surface area contributed by atoms with Crippen molar-refractivity contribution in [1.29, 1.82) is 0 Å². The Morgan fingerprint density at radius 2 is 1.96 bits per heavy atom. The summed E-state index contributed by atoms with van der Waals surface area (Å²) in [5.41, 5.74) is 3.63. The number of aryl methyl sites for hydroxylation is 1. The molecule has 1 amide bonds. The number of halogens is 2. The molecule has 5 nitrogen and oxygen atoms in total. The molecule has 2 aromatic carbocycles. The Kier molecular flexibility index (Phi) is 5.48. The molecule has 1 aliphatic rings. The first-order valence-electron chi connectivity index (χ1n) is 8.76. The van der Waals surface area contributed by atoms with Crippen molar-refractivity contribution in [3.63, 3.8) is 0 Å². The second-order valence-corrected chi connectivity index (χ2v) is 6.86. The van der Waals surface area contributed by atoms with Crippen LogP contribution in [0.15, 0.2) is 42.7 Å². The number of carbonyl (C=O) groups excluding carboxylic acids is 1. The smallest absolute Gasteiger partial charge is 0.256 e. The van der Waals surface area contributed by atoms with Gasteiger partial charge in [0, 0.05) is 32.7 Å². The summed E-state index contributed by atoms with van der Waals surface area (Å²) in [4.78, 5) is 18.7. The number of nitrogens with zero attached hydrogens (tertiary/aromatic N) is 3. The maximum Gasteiger partial charge on any atom is 0.256 e. The summed E-state index contributed by atoms with van der Waals surface area (Å²) < 4.78 is 16.6. The highest BCUT2D eigenvalue weighted by molar-refractivity contribution is 5.95. The Labute approximate surface area is 163 Å². The second-order valence-electron chi connectivity index (χ2n) is 6.86. The summed E-state index contributed by atoms with van der Waals surface area (Å²) in [5.74, 6) is -0.734. The molecule has 27 heavy (non-hydrogen) atoms. The van der Waals surface area contributed by atoms with Crippen LogP contribution in [0.25, 0.3) is 22.2 Å². The Morgan fingerprint density at radius 1 is 1.22 bits per heavy atom. The molecule has 1 aromatic heterocycles. The van der Waals surface area contributed by atoms with Crippen LogP contribution >= 0.6 is 12.4 Å². The van der Waals surface area contributed by atoms with Crippen LogP contribution in [0, 0.1) is 5.82 Å². The molecule has 2 heterocycles. The molecule has 0 bridgehead atoms. The fourth-order valence-electron chi connectivity index (χ4n) is 3.47. The van der Waals surface area contributed by atoms with E-state index >= 15 is 0 Å². The second kappa shape index (κ2) is 7.66. The van der Waals surface area contributed by atoms with Crippen molar-refractivity contribution in [2.24, 2.45) is 7.05 Å². The highest BCUT2D eigenvalue weighted by atomic mass is 35.5. The van der Waals surface area contributed by atoms with Crippen LogP contribution in [0.1, 0.15) is 17.3 Å². The largest absolute Gasteiger partial charge is 0.336 e. The molecule has 1 aliphatic heterocycles. The minimum absolute atomic E-state index is 0. The number of hydrogen-bond acceptors (Lipinski definition) is 3. The third kappa shape index (κ3) is 3.68. The molecule has 0 radical (unpaired) electrons. The van der Waals surface area contributed by atoms with E-state index in [4.69, 9.17) is 0 Å². The number of rotatable bonds is 2. The lowest BCUT2D eigenvalue weighted by molar-refractivity contribution is 0.0704. The molecule has 1 N–H and O–H groups in total. The Bertz CT molecular complexity index is 987.